The van der Waals surface area contributed by atoms with Gasteiger partial charge in [0.1, 0.15) is 5.82 Å². The van der Waals surface area contributed by atoms with E-state index in [-0.39, 0.29) is 12.7 Å². The van der Waals surface area contributed by atoms with E-state index in [1.54, 1.807) is 6.07 Å². The number of rotatable bonds is 6. The third-order valence-electron chi connectivity index (χ3n) is 2.32. The first-order valence-electron chi connectivity index (χ1n) is 5.63. The topological polar surface area (TPSA) is 45.6 Å². The minimum Gasteiger partial charge on any atom is -0.390 e. The number of pyridine rings is 1. The van der Waals surface area contributed by atoms with Gasteiger partial charge in [0.15, 0.2) is 0 Å². The molecule has 0 aromatic carbocycles. The maximum atomic E-state index is 9.08. The van der Waals surface area contributed by atoms with Crippen LogP contribution in [0.1, 0.15) is 19.5 Å². The molecular weight excluding hydrogens is 240 g/mol. The van der Waals surface area contributed by atoms with Gasteiger partial charge in [-0.1, -0.05) is 11.6 Å². The van der Waals surface area contributed by atoms with Crippen molar-refractivity contribution in [2.45, 2.75) is 26.6 Å². The summed E-state index contributed by atoms with van der Waals surface area (Å²) in [5.41, 5.74) is 0.501. The molecule has 0 aliphatic carbocycles. The molecule has 0 bridgehead atoms. The zero-order valence-electron chi connectivity index (χ0n) is 10.5. The molecule has 0 aliphatic rings. The first kappa shape index (κ1) is 14.2. The fourth-order valence-electron chi connectivity index (χ4n) is 1.34. The van der Waals surface area contributed by atoms with Gasteiger partial charge >= 0.3 is 0 Å². The van der Waals surface area contributed by atoms with E-state index in [0.29, 0.717) is 17.3 Å². The Morgan fingerprint density at radius 2 is 2.18 bits per heavy atom. The van der Waals surface area contributed by atoms with Gasteiger partial charge in [0.25, 0.3) is 0 Å². The van der Waals surface area contributed by atoms with Gasteiger partial charge in [-0.15, -0.1) is 0 Å². The van der Waals surface area contributed by atoms with E-state index in [1.165, 1.54) is 0 Å². The number of hydrogen-bond acceptors (Lipinski definition) is 4. The second-order valence-electron chi connectivity index (χ2n) is 4.10. The van der Waals surface area contributed by atoms with Crippen molar-refractivity contribution < 1.29 is 9.84 Å². The summed E-state index contributed by atoms with van der Waals surface area (Å²) in [6, 6.07) is 3.58. The predicted octanol–water partition coefficient (Wildman–Crippen LogP) is 2.09. The number of hydrogen-bond donors (Lipinski definition) is 1. The molecule has 17 heavy (non-hydrogen) atoms. The second kappa shape index (κ2) is 6.79. The number of aromatic nitrogens is 1. The highest BCUT2D eigenvalue weighted by atomic mass is 35.5. The second-order valence-corrected chi connectivity index (χ2v) is 4.50. The molecule has 1 aromatic heterocycles. The molecule has 0 saturated carbocycles. The third kappa shape index (κ3) is 4.50. The standard InChI is InChI=1S/C12H19ClN2O2/c1-9(2)17-7-6-15(3)12-5-4-10(13)11(8-16)14-12/h4-5,9,16H,6-8H2,1-3H3. The summed E-state index contributed by atoms with van der Waals surface area (Å²) < 4.78 is 5.47. The van der Waals surface area contributed by atoms with Crippen LogP contribution in [0.3, 0.4) is 0 Å². The molecule has 0 saturated heterocycles. The summed E-state index contributed by atoms with van der Waals surface area (Å²) in [6.45, 7) is 5.25. The number of ether oxygens (including phenoxy) is 1. The summed E-state index contributed by atoms with van der Waals surface area (Å²) in [6.07, 6.45) is 0.231. The third-order valence-corrected chi connectivity index (χ3v) is 2.67. The van der Waals surface area contributed by atoms with Crippen LogP contribution in [0, 0.1) is 0 Å². The lowest BCUT2D eigenvalue weighted by Gasteiger charge is -2.19. The van der Waals surface area contributed by atoms with Crippen LogP contribution in [0.4, 0.5) is 5.82 Å². The molecule has 1 rings (SSSR count). The molecule has 0 atom stereocenters. The fourth-order valence-corrected chi connectivity index (χ4v) is 1.50. The van der Waals surface area contributed by atoms with Crippen molar-refractivity contribution in [3.8, 4) is 0 Å². The number of nitrogens with zero attached hydrogens (tertiary/aromatic N) is 2. The van der Waals surface area contributed by atoms with Crippen LogP contribution >= 0.6 is 11.6 Å². The molecule has 0 unspecified atom stereocenters. The van der Waals surface area contributed by atoms with Crippen molar-refractivity contribution in [2.24, 2.45) is 0 Å². The van der Waals surface area contributed by atoms with Crippen molar-refractivity contribution in [3.63, 3.8) is 0 Å². The Morgan fingerprint density at radius 1 is 1.47 bits per heavy atom. The first-order valence-corrected chi connectivity index (χ1v) is 6.01. The van der Waals surface area contributed by atoms with E-state index in [4.69, 9.17) is 21.4 Å². The highest BCUT2D eigenvalue weighted by molar-refractivity contribution is 6.31. The molecule has 0 fully saturated rings. The van der Waals surface area contributed by atoms with Crippen molar-refractivity contribution in [1.29, 1.82) is 0 Å². The Hall–Kier alpha value is -0.840. The van der Waals surface area contributed by atoms with Gasteiger partial charge in [-0.3, -0.25) is 0 Å². The zero-order chi connectivity index (χ0) is 12.8. The van der Waals surface area contributed by atoms with Crippen LogP contribution < -0.4 is 4.90 Å². The van der Waals surface area contributed by atoms with Gasteiger partial charge in [0.2, 0.25) is 0 Å². The highest BCUT2D eigenvalue weighted by Crippen LogP contribution is 2.18. The first-order chi connectivity index (χ1) is 8.04. The molecule has 5 heteroatoms. The lowest BCUT2D eigenvalue weighted by molar-refractivity contribution is 0.0845. The van der Waals surface area contributed by atoms with Crippen LogP contribution in [0.25, 0.3) is 0 Å². The number of anilines is 1. The quantitative estimate of drug-likeness (QED) is 0.849. The molecule has 1 aromatic rings. The maximum Gasteiger partial charge on any atom is 0.128 e. The molecular formula is C12H19ClN2O2. The molecule has 96 valence electrons. The van der Waals surface area contributed by atoms with E-state index in [1.807, 2.05) is 31.9 Å². The summed E-state index contributed by atoms with van der Waals surface area (Å²) in [7, 11) is 1.93. The molecule has 1 N–H and O–H groups in total. The Balaban J connectivity index is 2.59. The molecule has 0 radical (unpaired) electrons. The minimum atomic E-state index is -0.150. The number of aliphatic hydroxyl groups is 1. The van der Waals surface area contributed by atoms with Crippen LogP contribution in [0.5, 0.6) is 0 Å². The van der Waals surface area contributed by atoms with Gasteiger partial charge < -0.3 is 14.7 Å². The van der Waals surface area contributed by atoms with Crippen LogP contribution in [0.2, 0.25) is 5.02 Å². The van der Waals surface area contributed by atoms with Crippen molar-refractivity contribution in [1.82, 2.24) is 4.98 Å². The molecule has 0 aliphatic heterocycles. The van der Waals surface area contributed by atoms with E-state index in [0.717, 1.165) is 12.4 Å². The molecule has 0 amide bonds. The van der Waals surface area contributed by atoms with Gasteiger partial charge in [-0.05, 0) is 26.0 Å². The molecule has 0 spiro atoms. The lowest BCUT2D eigenvalue weighted by atomic mass is 10.3. The van der Waals surface area contributed by atoms with Crippen LogP contribution in [-0.2, 0) is 11.3 Å². The monoisotopic (exact) mass is 258 g/mol. The van der Waals surface area contributed by atoms with Crippen molar-refractivity contribution in [2.75, 3.05) is 25.1 Å². The largest absolute Gasteiger partial charge is 0.390 e. The van der Waals surface area contributed by atoms with Crippen LogP contribution in [-0.4, -0.2) is 36.4 Å². The average Bonchev–Trinajstić information content (AvgIpc) is 2.29. The fraction of sp³-hybridized carbons (Fsp3) is 0.583. The number of likely N-dealkylation sites (N-methyl/N-ethyl adjacent to an activating group) is 1. The summed E-state index contributed by atoms with van der Waals surface area (Å²) in [4.78, 5) is 6.25. The Kier molecular flexibility index (Phi) is 5.68. The highest BCUT2D eigenvalue weighted by Gasteiger charge is 2.07. The van der Waals surface area contributed by atoms with Crippen molar-refractivity contribution in [3.05, 3.63) is 22.8 Å². The number of aliphatic hydroxyl groups excluding tert-OH is 1. The maximum absolute atomic E-state index is 9.08. The summed E-state index contributed by atoms with van der Waals surface area (Å²) >= 11 is 5.88. The zero-order valence-corrected chi connectivity index (χ0v) is 11.2. The van der Waals surface area contributed by atoms with Crippen LogP contribution in [0.15, 0.2) is 12.1 Å². The van der Waals surface area contributed by atoms with Gasteiger partial charge in [0, 0.05) is 13.6 Å². The Labute approximate surface area is 107 Å². The van der Waals surface area contributed by atoms with E-state index < -0.39 is 0 Å². The predicted molar refractivity (Wildman–Crippen MR) is 69.5 cm³/mol. The van der Waals surface area contributed by atoms with E-state index in [9.17, 15) is 0 Å². The van der Waals surface area contributed by atoms with Gasteiger partial charge in [-0.25, -0.2) is 4.98 Å². The Bertz CT molecular complexity index is 358. The minimum absolute atomic E-state index is 0.150. The normalized spacial score (nSPS) is 10.9. The summed E-state index contributed by atoms with van der Waals surface area (Å²) in [5.74, 6) is 0.783. The Morgan fingerprint density at radius 3 is 2.76 bits per heavy atom. The van der Waals surface area contributed by atoms with Crippen molar-refractivity contribution >= 4 is 17.4 Å². The van der Waals surface area contributed by atoms with E-state index >= 15 is 0 Å². The lowest BCUT2D eigenvalue weighted by Crippen LogP contribution is -2.25. The smallest absolute Gasteiger partial charge is 0.128 e. The van der Waals surface area contributed by atoms with Gasteiger partial charge in [-0.2, -0.15) is 0 Å². The summed E-state index contributed by atoms with van der Waals surface area (Å²) in [5, 5.41) is 9.57. The molecule has 1 heterocycles. The average molecular weight is 259 g/mol. The van der Waals surface area contributed by atoms with E-state index in [2.05, 4.69) is 4.98 Å². The number of halogens is 1. The SMILES string of the molecule is CC(C)OCCN(C)c1ccc(Cl)c(CO)n1. The molecule has 4 nitrogen and oxygen atoms in total. The van der Waals surface area contributed by atoms with Gasteiger partial charge in [0.05, 0.1) is 30.0 Å².